The first-order valence-corrected chi connectivity index (χ1v) is 7.53. The molecule has 21 heavy (non-hydrogen) atoms. The lowest BCUT2D eigenvalue weighted by Gasteiger charge is -2.21. The molecule has 0 fully saturated rings. The van der Waals surface area contributed by atoms with Gasteiger partial charge in [-0.15, -0.1) is 11.8 Å². The average molecular weight is 310 g/mol. The number of rotatable bonds is 4. The number of carbonyl (C=O) groups is 2. The Bertz CT molecular complexity index is 512. The first-order valence-electron chi connectivity index (χ1n) is 6.65. The molecule has 1 aromatic carbocycles. The summed E-state index contributed by atoms with van der Waals surface area (Å²) < 4.78 is 5.24. The fraction of sp³-hybridized carbons (Fsp3) is 0.467. The van der Waals surface area contributed by atoms with Crippen molar-refractivity contribution in [2.45, 2.75) is 43.4 Å². The Kier molecular flexibility index (Phi) is 6.08. The van der Waals surface area contributed by atoms with Crippen molar-refractivity contribution in [1.29, 1.82) is 0 Å². The van der Waals surface area contributed by atoms with Crippen LogP contribution in [0.25, 0.3) is 0 Å². The standard InChI is InChI=1S/C15H22N2O3S/c1-10(13(18)16-14(19)17-15(2,3)4)21-12-9-7-6-8-11(12)20-5/h6-10H,1-5H3,(H2,16,17,18,19). The summed E-state index contributed by atoms with van der Waals surface area (Å²) in [5, 5.41) is 4.62. The van der Waals surface area contributed by atoms with Crippen LogP contribution in [0.2, 0.25) is 0 Å². The van der Waals surface area contributed by atoms with E-state index in [4.69, 9.17) is 4.74 Å². The van der Waals surface area contributed by atoms with Crippen LogP contribution in [-0.4, -0.2) is 29.8 Å². The summed E-state index contributed by atoms with van der Waals surface area (Å²) in [6, 6.07) is 6.97. The van der Waals surface area contributed by atoms with E-state index in [1.807, 2.05) is 45.0 Å². The molecule has 3 amide bonds. The van der Waals surface area contributed by atoms with Crippen molar-refractivity contribution in [2.75, 3.05) is 7.11 Å². The van der Waals surface area contributed by atoms with E-state index in [1.54, 1.807) is 14.0 Å². The molecule has 0 saturated heterocycles. The predicted octanol–water partition coefficient (Wildman–Crippen LogP) is 2.80. The normalized spacial score (nSPS) is 12.4. The Hall–Kier alpha value is -1.69. The number of hydrogen-bond acceptors (Lipinski definition) is 4. The number of methoxy groups -OCH3 is 1. The number of amides is 3. The molecule has 1 unspecified atom stereocenters. The zero-order chi connectivity index (χ0) is 16.0. The lowest BCUT2D eigenvalue weighted by Crippen LogP contribution is -2.49. The van der Waals surface area contributed by atoms with Gasteiger partial charge in [0.2, 0.25) is 5.91 Å². The average Bonchev–Trinajstić information content (AvgIpc) is 2.36. The predicted molar refractivity (Wildman–Crippen MR) is 84.7 cm³/mol. The maximum Gasteiger partial charge on any atom is 0.321 e. The van der Waals surface area contributed by atoms with Crippen molar-refractivity contribution in [3.8, 4) is 5.75 Å². The lowest BCUT2D eigenvalue weighted by molar-refractivity contribution is -0.119. The highest BCUT2D eigenvalue weighted by Crippen LogP contribution is 2.31. The number of carbonyl (C=O) groups excluding carboxylic acids is 2. The van der Waals surface area contributed by atoms with E-state index in [2.05, 4.69) is 10.6 Å². The van der Waals surface area contributed by atoms with Gasteiger partial charge in [-0.05, 0) is 39.8 Å². The molecule has 1 atom stereocenters. The third-order valence-corrected chi connectivity index (χ3v) is 3.63. The molecular formula is C15H22N2O3S. The van der Waals surface area contributed by atoms with E-state index in [0.29, 0.717) is 5.75 Å². The molecule has 0 heterocycles. The molecule has 0 aliphatic rings. The molecule has 0 spiro atoms. The van der Waals surface area contributed by atoms with Gasteiger partial charge in [0.05, 0.1) is 17.3 Å². The summed E-state index contributed by atoms with van der Waals surface area (Å²) in [6.07, 6.45) is 0. The molecule has 1 aromatic rings. The van der Waals surface area contributed by atoms with E-state index >= 15 is 0 Å². The first-order chi connectivity index (χ1) is 9.73. The van der Waals surface area contributed by atoms with Gasteiger partial charge in [-0.2, -0.15) is 0 Å². The lowest BCUT2D eigenvalue weighted by atomic mass is 10.1. The van der Waals surface area contributed by atoms with Gasteiger partial charge in [0.25, 0.3) is 0 Å². The molecule has 0 aliphatic heterocycles. The summed E-state index contributed by atoms with van der Waals surface area (Å²) >= 11 is 1.35. The van der Waals surface area contributed by atoms with Crippen molar-refractivity contribution in [1.82, 2.24) is 10.6 Å². The zero-order valence-corrected chi connectivity index (χ0v) is 13.8. The minimum atomic E-state index is -0.486. The second kappa shape index (κ2) is 7.36. The van der Waals surface area contributed by atoms with E-state index in [1.165, 1.54) is 11.8 Å². The Labute approximate surface area is 129 Å². The molecule has 5 nitrogen and oxygen atoms in total. The number of nitrogens with one attached hydrogen (secondary N) is 2. The van der Waals surface area contributed by atoms with Gasteiger partial charge in [-0.3, -0.25) is 10.1 Å². The second-order valence-electron chi connectivity index (χ2n) is 5.60. The highest BCUT2D eigenvalue weighted by Gasteiger charge is 2.20. The van der Waals surface area contributed by atoms with Crippen LogP contribution in [0.4, 0.5) is 4.79 Å². The Morgan fingerprint density at radius 1 is 1.24 bits per heavy atom. The topological polar surface area (TPSA) is 67.4 Å². The third kappa shape index (κ3) is 6.08. The van der Waals surface area contributed by atoms with Crippen molar-refractivity contribution >= 4 is 23.7 Å². The molecule has 1 rings (SSSR count). The molecule has 116 valence electrons. The number of hydrogen-bond donors (Lipinski definition) is 2. The number of imide groups is 1. The van der Waals surface area contributed by atoms with Crippen LogP contribution in [0, 0.1) is 0 Å². The van der Waals surface area contributed by atoms with Crippen molar-refractivity contribution in [3.63, 3.8) is 0 Å². The monoisotopic (exact) mass is 310 g/mol. The van der Waals surface area contributed by atoms with Gasteiger partial charge < -0.3 is 10.1 Å². The maximum absolute atomic E-state index is 12.0. The summed E-state index contributed by atoms with van der Waals surface area (Å²) in [5.74, 6) is 0.369. The molecule has 2 N–H and O–H groups in total. The minimum Gasteiger partial charge on any atom is -0.496 e. The highest BCUT2D eigenvalue weighted by atomic mass is 32.2. The fourth-order valence-corrected chi connectivity index (χ4v) is 2.52. The molecular weight excluding hydrogens is 288 g/mol. The largest absolute Gasteiger partial charge is 0.496 e. The van der Waals surface area contributed by atoms with Crippen LogP contribution >= 0.6 is 11.8 Å². The van der Waals surface area contributed by atoms with Gasteiger partial charge >= 0.3 is 6.03 Å². The van der Waals surface area contributed by atoms with Crippen LogP contribution < -0.4 is 15.4 Å². The third-order valence-electron chi connectivity index (χ3n) is 2.47. The van der Waals surface area contributed by atoms with Gasteiger partial charge in [-0.25, -0.2) is 4.79 Å². The molecule has 0 radical (unpaired) electrons. The summed E-state index contributed by atoms with van der Waals surface area (Å²) in [5.41, 5.74) is -0.386. The SMILES string of the molecule is COc1ccccc1SC(C)C(=O)NC(=O)NC(C)(C)C. The van der Waals surface area contributed by atoms with Gasteiger partial charge in [0, 0.05) is 5.54 Å². The maximum atomic E-state index is 12.0. The quantitative estimate of drug-likeness (QED) is 0.839. The van der Waals surface area contributed by atoms with Crippen molar-refractivity contribution < 1.29 is 14.3 Å². The first kappa shape index (κ1) is 17.4. The summed E-state index contributed by atoms with van der Waals surface area (Å²) in [7, 11) is 1.58. The van der Waals surface area contributed by atoms with Crippen LogP contribution in [-0.2, 0) is 4.79 Å². The van der Waals surface area contributed by atoms with E-state index in [9.17, 15) is 9.59 Å². The van der Waals surface area contributed by atoms with E-state index in [0.717, 1.165) is 4.90 Å². The smallest absolute Gasteiger partial charge is 0.321 e. The molecule has 0 saturated carbocycles. The number of para-hydroxylation sites is 1. The number of urea groups is 1. The van der Waals surface area contributed by atoms with Crippen molar-refractivity contribution in [2.24, 2.45) is 0 Å². The number of thioether (sulfide) groups is 1. The van der Waals surface area contributed by atoms with E-state index in [-0.39, 0.29) is 11.4 Å². The highest BCUT2D eigenvalue weighted by molar-refractivity contribution is 8.00. The number of benzene rings is 1. The number of ether oxygens (including phenoxy) is 1. The molecule has 6 heteroatoms. The minimum absolute atomic E-state index is 0.340. The summed E-state index contributed by atoms with van der Waals surface area (Å²) in [6.45, 7) is 7.30. The van der Waals surface area contributed by atoms with Gasteiger partial charge in [0.1, 0.15) is 5.75 Å². The Morgan fingerprint density at radius 2 is 1.86 bits per heavy atom. The van der Waals surface area contributed by atoms with Crippen LogP contribution in [0.5, 0.6) is 5.75 Å². The fourth-order valence-electron chi connectivity index (χ4n) is 1.55. The second-order valence-corrected chi connectivity index (χ2v) is 6.99. The van der Waals surface area contributed by atoms with Crippen LogP contribution in [0.3, 0.4) is 0 Å². The summed E-state index contributed by atoms with van der Waals surface area (Å²) in [4.78, 5) is 24.5. The van der Waals surface area contributed by atoms with Gasteiger partial charge in [-0.1, -0.05) is 12.1 Å². The van der Waals surface area contributed by atoms with Crippen LogP contribution in [0.1, 0.15) is 27.7 Å². The Morgan fingerprint density at radius 3 is 2.43 bits per heavy atom. The zero-order valence-electron chi connectivity index (χ0n) is 13.0. The van der Waals surface area contributed by atoms with Crippen molar-refractivity contribution in [3.05, 3.63) is 24.3 Å². The molecule has 0 aromatic heterocycles. The van der Waals surface area contributed by atoms with Crippen LogP contribution in [0.15, 0.2) is 29.2 Å². The van der Waals surface area contributed by atoms with E-state index < -0.39 is 11.3 Å². The molecule has 0 aliphatic carbocycles. The Balaban J connectivity index is 2.61. The molecule has 0 bridgehead atoms. The van der Waals surface area contributed by atoms with Gasteiger partial charge in [0.15, 0.2) is 0 Å².